The molecule has 11 heteroatoms. The van der Waals surface area contributed by atoms with Crippen molar-refractivity contribution in [3.8, 4) is 0 Å². The van der Waals surface area contributed by atoms with Crippen molar-refractivity contribution in [3.05, 3.63) is 131 Å². The van der Waals surface area contributed by atoms with Gasteiger partial charge < -0.3 is 33.6 Å². The fraction of sp³-hybridized carbons (Fsp3) is 0.391. The van der Waals surface area contributed by atoms with Crippen molar-refractivity contribution < 1.29 is 19.2 Å². The number of hydrogen-bond acceptors (Lipinski definition) is 9. The van der Waals surface area contributed by atoms with Crippen LogP contribution in [-0.2, 0) is 44.9 Å². The minimum Gasteiger partial charge on any atom is -0.345 e. The lowest BCUT2D eigenvalue weighted by molar-refractivity contribution is -0.128. The van der Waals surface area contributed by atoms with E-state index in [0.717, 1.165) is 32.0 Å². The average Bonchev–Trinajstić information content (AvgIpc) is 3.24. The number of carbonyl (C=O) groups excluding carboxylic acids is 4. The maximum atomic E-state index is 13.6. The highest BCUT2D eigenvalue weighted by Crippen LogP contribution is 2.34. The van der Waals surface area contributed by atoms with Crippen LogP contribution in [0.1, 0.15) is 73.6 Å². The zero-order valence-electron chi connectivity index (χ0n) is 33.0. The number of benzene rings is 4. The predicted molar refractivity (Wildman–Crippen MR) is 230 cm³/mol. The van der Waals surface area contributed by atoms with Gasteiger partial charge in [-0.1, -0.05) is 109 Å². The molecule has 0 heterocycles. The third-order valence-corrected chi connectivity index (χ3v) is 11.3. The molecule has 2 amide bonds. The number of carbonyl (C=O) groups is 4. The molecule has 0 fully saturated rings. The second kappa shape index (κ2) is 24.9. The Bertz CT molecular complexity index is 1710. The van der Waals surface area contributed by atoms with E-state index in [-0.39, 0.29) is 36.2 Å². The summed E-state index contributed by atoms with van der Waals surface area (Å²) in [6.45, 7) is 0.826. The quantitative estimate of drug-likeness (QED) is 0.0495. The number of Topliss-reactive ketones (excluding diaryl/α,β-unsaturated/α-hetero) is 2. The van der Waals surface area contributed by atoms with Gasteiger partial charge in [-0.3, -0.25) is 19.2 Å². The Kier molecular flexibility index (Phi) is 19.7. The average molecular weight is 793 g/mol. The number of amides is 2. The van der Waals surface area contributed by atoms with Crippen LogP contribution in [0.4, 0.5) is 0 Å². The van der Waals surface area contributed by atoms with E-state index in [1.807, 2.05) is 109 Å². The van der Waals surface area contributed by atoms with E-state index in [4.69, 9.17) is 22.9 Å². The van der Waals surface area contributed by atoms with Gasteiger partial charge in [0.15, 0.2) is 11.6 Å². The van der Waals surface area contributed by atoms with E-state index >= 15 is 0 Å². The van der Waals surface area contributed by atoms with Crippen molar-refractivity contribution >= 4 is 35.1 Å². The Hall–Kier alpha value is -4.65. The molecule has 0 bridgehead atoms. The molecule has 0 radical (unpaired) electrons. The zero-order valence-corrected chi connectivity index (χ0v) is 33.8. The summed E-state index contributed by atoms with van der Waals surface area (Å²) in [5.41, 5.74) is 28.3. The predicted octanol–water partition coefficient (Wildman–Crippen LogP) is 5.21. The number of nitrogens with one attached hydrogen (secondary N) is 2. The van der Waals surface area contributed by atoms with Crippen LogP contribution < -0.4 is 33.6 Å². The lowest BCUT2D eigenvalue weighted by atomic mass is 9.99. The second-order valence-electron chi connectivity index (χ2n) is 14.5. The molecular formula is C46H60N6O4S. The van der Waals surface area contributed by atoms with Gasteiger partial charge in [0, 0.05) is 22.6 Å². The number of hydrogen-bond donors (Lipinski definition) is 6. The first-order valence-corrected chi connectivity index (χ1v) is 21.0. The van der Waals surface area contributed by atoms with Crippen LogP contribution in [0.15, 0.2) is 119 Å². The molecule has 304 valence electrons. The molecule has 4 aromatic carbocycles. The number of aryl methyl sites for hydroxylation is 4. The minimum absolute atomic E-state index is 0.0563. The molecule has 0 aromatic heterocycles. The Labute approximate surface area is 342 Å². The number of nitrogens with two attached hydrogens (primary N) is 4. The van der Waals surface area contributed by atoms with Crippen molar-refractivity contribution in [2.24, 2.45) is 22.9 Å². The van der Waals surface area contributed by atoms with Gasteiger partial charge in [-0.05, 0) is 112 Å². The van der Waals surface area contributed by atoms with Crippen LogP contribution in [0.2, 0.25) is 0 Å². The first kappa shape index (κ1) is 45.1. The SMILES string of the molecule is NCCC[C@H](NC(=O)[C@@H](N)CCc1ccccc1)C(=O)CCc1ccccc1Sc1ccccc1CCC(=O)[C@H](CCCN)NC(=O)[C@@H](N)CCc1ccccc1. The molecule has 4 rings (SSSR count). The molecule has 0 aliphatic heterocycles. The van der Waals surface area contributed by atoms with Gasteiger partial charge in [-0.2, -0.15) is 0 Å². The maximum absolute atomic E-state index is 13.6. The standard InChI is InChI=1S/C46H60N6O4S/c47-31-11-19-39(51-45(55)37(49)27-23-33-13-3-1-4-14-33)41(53)29-25-35-17-7-9-21-43(35)57-44-22-10-8-18-36(44)26-30-42(54)40(20-12-32-48)52-46(56)38(50)28-24-34-15-5-2-6-16-34/h1-10,13-18,21-22,37-40H,11-12,19-20,23-32,47-50H2,(H,51,55)(H,52,56)/t37-,38-,39-,40-/m0/s1. The van der Waals surface area contributed by atoms with Crippen LogP contribution >= 0.6 is 11.8 Å². The maximum Gasteiger partial charge on any atom is 0.237 e. The molecule has 57 heavy (non-hydrogen) atoms. The van der Waals surface area contributed by atoms with Gasteiger partial charge >= 0.3 is 0 Å². The smallest absolute Gasteiger partial charge is 0.237 e. The largest absolute Gasteiger partial charge is 0.345 e. The molecule has 0 aliphatic carbocycles. The van der Waals surface area contributed by atoms with Crippen molar-refractivity contribution in [1.29, 1.82) is 0 Å². The third kappa shape index (κ3) is 15.7. The summed E-state index contributed by atoms with van der Waals surface area (Å²) < 4.78 is 0. The Morgan fingerprint density at radius 2 is 0.860 bits per heavy atom. The van der Waals surface area contributed by atoms with E-state index < -0.39 is 24.2 Å². The molecule has 0 saturated carbocycles. The van der Waals surface area contributed by atoms with Gasteiger partial charge in [0.25, 0.3) is 0 Å². The summed E-state index contributed by atoms with van der Waals surface area (Å²) in [4.78, 5) is 55.3. The lowest BCUT2D eigenvalue weighted by Crippen LogP contribution is -2.48. The van der Waals surface area contributed by atoms with Gasteiger partial charge in [-0.15, -0.1) is 0 Å². The summed E-state index contributed by atoms with van der Waals surface area (Å²) in [5, 5.41) is 5.84. The summed E-state index contributed by atoms with van der Waals surface area (Å²) >= 11 is 1.60. The highest BCUT2D eigenvalue weighted by atomic mass is 32.2. The minimum atomic E-state index is -0.727. The first-order valence-electron chi connectivity index (χ1n) is 20.2. The summed E-state index contributed by atoms with van der Waals surface area (Å²) in [6.07, 6.45) is 5.87. The molecule has 4 aromatic rings. The van der Waals surface area contributed by atoms with Crippen molar-refractivity contribution in [2.75, 3.05) is 13.1 Å². The van der Waals surface area contributed by atoms with Crippen molar-refractivity contribution in [2.45, 2.75) is 111 Å². The van der Waals surface area contributed by atoms with Crippen LogP contribution in [-0.4, -0.2) is 60.6 Å². The van der Waals surface area contributed by atoms with E-state index in [9.17, 15) is 19.2 Å². The normalized spacial score (nSPS) is 13.3. The van der Waals surface area contributed by atoms with Crippen LogP contribution in [0.25, 0.3) is 0 Å². The third-order valence-electron chi connectivity index (χ3n) is 10.1. The monoisotopic (exact) mass is 792 g/mol. The summed E-state index contributed by atoms with van der Waals surface area (Å²) in [5.74, 6) is -0.774. The Morgan fingerprint density at radius 3 is 1.25 bits per heavy atom. The zero-order chi connectivity index (χ0) is 40.8. The number of ketones is 2. The van der Waals surface area contributed by atoms with E-state index in [2.05, 4.69) is 10.6 Å². The molecule has 10 N–H and O–H groups in total. The van der Waals surface area contributed by atoms with Crippen molar-refractivity contribution in [3.63, 3.8) is 0 Å². The molecule has 4 atom stereocenters. The molecule has 0 aliphatic rings. The highest BCUT2D eigenvalue weighted by molar-refractivity contribution is 7.99. The fourth-order valence-electron chi connectivity index (χ4n) is 6.63. The lowest BCUT2D eigenvalue weighted by Gasteiger charge is -2.21. The van der Waals surface area contributed by atoms with Gasteiger partial charge in [0.1, 0.15) is 0 Å². The van der Waals surface area contributed by atoms with E-state index in [1.165, 1.54) is 0 Å². The first-order chi connectivity index (χ1) is 27.7. The topological polar surface area (TPSA) is 196 Å². The van der Waals surface area contributed by atoms with Gasteiger partial charge in [-0.25, -0.2) is 0 Å². The van der Waals surface area contributed by atoms with Gasteiger partial charge in [0.2, 0.25) is 11.8 Å². The van der Waals surface area contributed by atoms with Crippen LogP contribution in [0, 0.1) is 0 Å². The highest BCUT2D eigenvalue weighted by Gasteiger charge is 2.25. The molecule has 10 nitrogen and oxygen atoms in total. The molecular weight excluding hydrogens is 733 g/mol. The molecule has 0 saturated heterocycles. The van der Waals surface area contributed by atoms with E-state index in [1.54, 1.807) is 11.8 Å². The fourth-order valence-corrected chi connectivity index (χ4v) is 7.76. The van der Waals surface area contributed by atoms with Crippen LogP contribution in [0.5, 0.6) is 0 Å². The van der Waals surface area contributed by atoms with Gasteiger partial charge in [0.05, 0.1) is 24.2 Å². The van der Waals surface area contributed by atoms with Crippen molar-refractivity contribution in [1.82, 2.24) is 10.6 Å². The van der Waals surface area contributed by atoms with E-state index in [0.29, 0.717) is 77.3 Å². The van der Waals surface area contributed by atoms with Crippen LogP contribution in [0.3, 0.4) is 0 Å². The molecule has 0 spiro atoms. The summed E-state index contributed by atoms with van der Waals surface area (Å²) in [7, 11) is 0. The Morgan fingerprint density at radius 1 is 0.491 bits per heavy atom. The summed E-state index contributed by atoms with van der Waals surface area (Å²) in [6, 6.07) is 32.9. The number of rotatable bonds is 26. The second-order valence-corrected chi connectivity index (χ2v) is 15.6. The molecule has 0 unspecified atom stereocenters. The Balaban J connectivity index is 1.34.